The lowest BCUT2D eigenvalue weighted by atomic mass is 10.0. The van der Waals surface area contributed by atoms with E-state index in [0.29, 0.717) is 36.2 Å². The van der Waals surface area contributed by atoms with Crippen molar-refractivity contribution in [2.24, 2.45) is 0 Å². The van der Waals surface area contributed by atoms with Gasteiger partial charge in [0, 0.05) is 25.8 Å². The van der Waals surface area contributed by atoms with Crippen LogP contribution in [0.4, 0.5) is 13.2 Å². The summed E-state index contributed by atoms with van der Waals surface area (Å²) in [6.45, 7) is 2.16. The molecule has 0 fully saturated rings. The number of carbonyl (C=O) groups excluding carboxylic acids is 1. The molecule has 0 spiro atoms. The van der Waals surface area contributed by atoms with Gasteiger partial charge in [-0.1, -0.05) is 36.4 Å². The number of hydrogen-bond donors (Lipinski definition) is 1. The predicted molar refractivity (Wildman–Crippen MR) is 142 cm³/mol. The Kier molecular flexibility index (Phi) is 8.35. The van der Waals surface area contributed by atoms with E-state index in [4.69, 9.17) is 4.74 Å². The molecule has 0 unspecified atom stereocenters. The lowest BCUT2D eigenvalue weighted by molar-refractivity contribution is -0.138. The Labute approximate surface area is 222 Å². The number of aromatic nitrogens is 2. The molecule has 1 aromatic heterocycles. The fourth-order valence-electron chi connectivity index (χ4n) is 4.38. The van der Waals surface area contributed by atoms with E-state index in [1.165, 1.54) is 17.6 Å². The molecule has 4 rings (SSSR count). The summed E-state index contributed by atoms with van der Waals surface area (Å²) in [5.41, 5.74) is -0.181. The maximum Gasteiger partial charge on any atom is 0.416 e. The second-order valence-electron chi connectivity index (χ2n) is 9.22. The molecule has 0 bridgehead atoms. The van der Waals surface area contributed by atoms with Crippen LogP contribution in [0, 0.1) is 6.92 Å². The Morgan fingerprint density at radius 1 is 0.923 bits per heavy atom. The van der Waals surface area contributed by atoms with Crippen molar-refractivity contribution in [2.45, 2.75) is 32.6 Å². The Bertz CT molecular complexity index is 1610. The third-order valence-corrected chi connectivity index (χ3v) is 6.45. The topological polar surface area (TPSA) is 82.3 Å². The van der Waals surface area contributed by atoms with Gasteiger partial charge in [-0.25, -0.2) is 4.79 Å². The normalized spacial score (nSPS) is 11.6. The summed E-state index contributed by atoms with van der Waals surface area (Å²) in [7, 11) is 1.59. The molecule has 3 aromatic carbocycles. The number of hydrogen-bond acceptors (Lipinski definition) is 4. The first-order valence-corrected chi connectivity index (χ1v) is 12.4. The molecule has 0 atom stereocenters. The van der Waals surface area contributed by atoms with Crippen LogP contribution in [0.1, 0.15) is 39.0 Å². The van der Waals surface area contributed by atoms with E-state index >= 15 is 0 Å². The summed E-state index contributed by atoms with van der Waals surface area (Å²) in [6, 6.07) is 17.0. The molecule has 0 saturated heterocycles. The first kappa shape index (κ1) is 27.8. The molecule has 0 aliphatic heterocycles. The van der Waals surface area contributed by atoms with Crippen molar-refractivity contribution in [1.29, 1.82) is 0 Å². The summed E-state index contributed by atoms with van der Waals surface area (Å²) >= 11 is 0. The standard InChI is InChI=1S/C29H28F3N3O4/c1-19-8-9-21(16-24(19)29(30,31)32)18-34-25-7-4-3-6-23(25)27(37)35(28(34)38)17-20-10-12-22(13-11-20)26(36)33-14-5-15-39-2/h3-4,6-13,16H,5,14-15,17-18H2,1-2H3,(H,33,36). The zero-order valence-electron chi connectivity index (χ0n) is 21.5. The van der Waals surface area contributed by atoms with Crippen molar-refractivity contribution in [3.8, 4) is 0 Å². The van der Waals surface area contributed by atoms with E-state index in [-0.39, 0.29) is 35.5 Å². The van der Waals surface area contributed by atoms with Gasteiger partial charge in [0.1, 0.15) is 0 Å². The highest BCUT2D eigenvalue weighted by atomic mass is 19.4. The second-order valence-corrected chi connectivity index (χ2v) is 9.22. The van der Waals surface area contributed by atoms with Crippen LogP contribution in [-0.4, -0.2) is 35.3 Å². The minimum Gasteiger partial charge on any atom is -0.385 e. The van der Waals surface area contributed by atoms with Crippen molar-refractivity contribution in [1.82, 2.24) is 14.5 Å². The van der Waals surface area contributed by atoms with Gasteiger partial charge in [0.05, 0.1) is 29.6 Å². The maximum atomic E-state index is 13.5. The predicted octanol–water partition coefficient (Wildman–Crippen LogP) is 4.35. The Morgan fingerprint density at radius 3 is 2.28 bits per heavy atom. The minimum absolute atomic E-state index is 0.0695. The van der Waals surface area contributed by atoms with Crippen LogP contribution < -0.4 is 16.6 Å². The Morgan fingerprint density at radius 2 is 1.59 bits per heavy atom. The zero-order chi connectivity index (χ0) is 28.2. The number of benzene rings is 3. The van der Waals surface area contributed by atoms with Gasteiger partial charge in [0.25, 0.3) is 11.5 Å². The molecule has 1 N–H and O–H groups in total. The Hall–Kier alpha value is -4.18. The van der Waals surface area contributed by atoms with Gasteiger partial charge in [-0.05, 0) is 60.4 Å². The van der Waals surface area contributed by atoms with Crippen LogP contribution in [0.25, 0.3) is 10.9 Å². The highest BCUT2D eigenvalue weighted by Crippen LogP contribution is 2.32. The molecule has 1 amide bonds. The van der Waals surface area contributed by atoms with Gasteiger partial charge in [0.2, 0.25) is 0 Å². The quantitative estimate of drug-likeness (QED) is 0.321. The molecule has 4 aromatic rings. The fourth-order valence-corrected chi connectivity index (χ4v) is 4.38. The first-order valence-electron chi connectivity index (χ1n) is 12.4. The third-order valence-electron chi connectivity index (χ3n) is 6.45. The summed E-state index contributed by atoms with van der Waals surface area (Å²) < 4.78 is 47.8. The van der Waals surface area contributed by atoms with Gasteiger partial charge < -0.3 is 10.1 Å². The van der Waals surface area contributed by atoms with E-state index < -0.39 is 23.0 Å². The number of ether oxygens (including phenoxy) is 1. The van der Waals surface area contributed by atoms with Crippen molar-refractivity contribution >= 4 is 16.8 Å². The van der Waals surface area contributed by atoms with E-state index in [1.807, 2.05) is 0 Å². The van der Waals surface area contributed by atoms with Crippen LogP contribution in [-0.2, 0) is 24.0 Å². The molecule has 204 valence electrons. The molecule has 1 heterocycles. The average molecular weight is 540 g/mol. The number of fused-ring (bicyclic) bond motifs is 1. The second kappa shape index (κ2) is 11.7. The van der Waals surface area contributed by atoms with E-state index in [2.05, 4.69) is 5.32 Å². The number of carbonyl (C=O) groups is 1. The van der Waals surface area contributed by atoms with E-state index in [0.717, 1.165) is 10.6 Å². The van der Waals surface area contributed by atoms with Crippen LogP contribution in [0.5, 0.6) is 0 Å². The number of nitrogens with zero attached hydrogens (tertiary/aromatic N) is 2. The SMILES string of the molecule is COCCCNC(=O)c1ccc(Cn2c(=O)c3ccccc3n(Cc3ccc(C)c(C(F)(F)F)c3)c2=O)cc1. The number of rotatable bonds is 9. The molecule has 0 aliphatic carbocycles. The molecule has 7 nitrogen and oxygen atoms in total. The number of nitrogens with one attached hydrogen (secondary N) is 1. The fraction of sp³-hybridized carbons (Fsp3) is 0.276. The number of alkyl halides is 3. The number of amides is 1. The lowest BCUT2D eigenvalue weighted by Crippen LogP contribution is -2.40. The van der Waals surface area contributed by atoms with Crippen molar-refractivity contribution in [2.75, 3.05) is 20.3 Å². The largest absolute Gasteiger partial charge is 0.416 e. The monoisotopic (exact) mass is 539 g/mol. The number of para-hydroxylation sites is 1. The molecular formula is C29H28F3N3O4. The van der Waals surface area contributed by atoms with Crippen LogP contribution >= 0.6 is 0 Å². The van der Waals surface area contributed by atoms with Crippen LogP contribution in [0.15, 0.2) is 76.3 Å². The van der Waals surface area contributed by atoms with Crippen molar-refractivity contribution < 1.29 is 22.7 Å². The number of methoxy groups -OCH3 is 1. The highest BCUT2D eigenvalue weighted by molar-refractivity contribution is 5.94. The summed E-state index contributed by atoms with van der Waals surface area (Å²) in [5.74, 6) is -0.251. The van der Waals surface area contributed by atoms with Crippen LogP contribution in [0.3, 0.4) is 0 Å². The smallest absolute Gasteiger partial charge is 0.385 e. The number of halogens is 3. The average Bonchev–Trinajstić information content (AvgIpc) is 2.92. The van der Waals surface area contributed by atoms with Gasteiger partial charge in [-0.15, -0.1) is 0 Å². The lowest BCUT2D eigenvalue weighted by Gasteiger charge is -2.16. The molecule has 0 aliphatic rings. The summed E-state index contributed by atoms with van der Waals surface area (Å²) in [6.07, 6.45) is -3.85. The summed E-state index contributed by atoms with van der Waals surface area (Å²) in [4.78, 5) is 39.1. The molecular weight excluding hydrogens is 511 g/mol. The van der Waals surface area contributed by atoms with Crippen LogP contribution in [0.2, 0.25) is 0 Å². The molecule has 0 saturated carbocycles. The third kappa shape index (κ3) is 6.28. The Balaban J connectivity index is 1.67. The highest BCUT2D eigenvalue weighted by Gasteiger charge is 2.32. The van der Waals surface area contributed by atoms with Crippen molar-refractivity contribution in [3.63, 3.8) is 0 Å². The van der Waals surface area contributed by atoms with Gasteiger partial charge in [0.15, 0.2) is 0 Å². The molecule has 39 heavy (non-hydrogen) atoms. The van der Waals surface area contributed by atoms with Gasteiger partial charge >= 0.3 is 11.9 Å². The molecule has 0 radical (unpaired) electrons. The van der Waals surface area contributed by atoms with E-state index in [9.17, 15) is 27.6 Å². The maximum absolute atomic E-state index is 13.5. The summed E-state index contributed by atoms with van der Waals surface area (Å²) in [5, 5.41) is 3.06. The number of aryl methyl sites for hydroxylation is 1. The van der Waals surface area contributed by atoms with Gasteiger partial charge in [-0.2, -0.15) is 13.2 Å². The van der Waals surface area contributed by atoms with Gasteiger partial charge in [-0.3, -0.25) is 18.7 Å². The minimum atomic E-state index is -4.53. The molecule has 10 heteroatoms. The zero-order valence-corrected chi connectivity index (χ0v) is 21.5. The van der Waals surface area contributed by atoms with Crippen molar-refractivity contribution in [3.05, 3.63) is 115 Å². The first-order chi connectivity index (χ1) is 18.6. The van der Waals surface area contributed by atoms with E-state index in [1.54, 1.807) is 61.7 Å².